The maximum Gasteiger partial charge on any atom is 0.426 e. The number of carbonyl (C=O) groups is 1. The van der Waals surface area contributed by atoms with E-state index in [2.05, 4.69) is 20.4 Å². The minimum atomic E-state index is -5.05. The maximum atomic E-state index is 13.6. The van der Waals surface area contributed by atoms with E-state index in [-0.39, 0.29) is 11.5 Å². The van der Waals surface area contributed by atoms with E-state index in [0.29, 0.717) is 28.2 Å². The molecule has 182 valence electrons. The van der Waals surface area contributed by atoms with Crippen LogP contribution in [0.15, 0.2) is 47.3 Å². The third-order valence-electron chi connectivity index (χ3n) is 5.97. The highest BCUT2D eigenvalue weighted by Gasteiger charge is 2.58. The Morgan fingerprint density at radius 1 is 1.26 bits per heavy atom. The lowest BCUT2D eigenvalue weighted by molar-refractivity contribution is -0.276. The summed E-state index contributed by atoms with van der Waals surface area (Å²) in [5, 5.41) is 17.8. The van der Waals surface area contributed by atoms with Gasteiger partial charge in [0.2, 0.25) is 11.5 Å². The fraction of sp³-hybridized carbons (Fsp3) is 0.348. The molecule has 1 fully saturated rings. The van der Waals surface area contributed by atoms with E-state index in [4.69, 9.17) is 9.40 Å². The zero-order chi connectivity index (χ0) is 24.8. The van der Waals surface area contributed by atoms with Crippen LogP contribution in [0.5, 0.6) is 0 Å². The molecule has 35 heavy (non-hydrogen) atoms. The Balaban J connectivity index is 1.46. The number of nitrogens with zero attached hydrogens (tertiary/aromatic N) is 5. The van der Waals surface area contributed by atoms with Crippen LogP contribution in [0.2, 0.25) is 0 Å². The summed E-state index contributed by atoms with van der Waals surface area (Å²) in [4.78, 5) is 25.7. The molecule has 4 aromatic heterocycles. The number of alkyl halides is 3. The number of amides is 1. The molecule has 4 heterocycles. The second-order valence-electron chi connectivity index (χ2n) is 8.45. The topological polar surface area (TPSA) is 119 Å². The first-order valence-electron chi connectivity index (χ1n) is 11.0. The van der Waals surface area contributed by atoms with E-state index in [1.807, 2.05) is 0 Å². The molecule has 9 nitrogen and oxygen atoms in total. The predicted octanol–water partition coefficient (Wildman–Crippen LogP) is 3.56. The number of aromatic nitrogens is 5. The molecule has 4 aromatic rings. The number of oxazole rings is 1. The highest BCUT2D eigenvalue weighted by molar-refractivity contribution is 6.06. The quantitative estimate of drug-likeness (QED) is 0.410. The Labute approximate surface area is 197 Å². The van der Waals surface area contributed by atoms with Gasteiger partial charge in [-0.15, -0.1) is 0 Å². The molecule has 1 saturated carbocycles. The molecule has 1 unspecified atom stereocenters. The summed E-state index contributed by atoms with van der Waals surface area (Å²) < 4.78 is 47.1. The van der Waals surface area contributed by atoms with Crippen molar-refractivity contribution >= 4 is 16.9 Å². The molecule has 0 bridgehead atoms. The summed E-state index contributed by atoms with van der Waals surface area (Å²) in [6.45, 7) is 1.25. The summed E-state index contributed by atoms with van der Waals surface area (Å²) in [6, 6.07) is 7.00. The Morgan fingerprint density at radius 2 is 2.06 bits per heavy atom. The van der Waals surface area contributed by atoms with E-state index < -0.39 is 36.5 Å². The lowest BCUT2D eigenvalue weighted by atomic mass is 9.98. The van der Waals surface area contributed by atoms with Crippen molar-refractivity contribution < 1.29 is 27.5 Å². The molecular formula is C23H21F3N6O3. The lowest BCUT2D eigenvalue weighted by Crippen LogP contribution is -2.45. The van der Waals surface area contributed by atoms with Gasteiger partial charge in [0.15, 0.2) is 11.5 Å². The zero-order valence-electron chi connectivity index (χ0n) is 18.6. The van der Waals surface area contributed by atoms with Gasteiger partial charge < -0.3 is 14.8 Å². The van der Waals surface area contributed by atoms with Gasteiger partial charge in [-0.05, 0) is 38.0 Å². The number of pyridine rings is 2. The van der Waals surface area contributed by atoms with Crippen molar-refractivity contribution in [1.29, 1.82) is 0 Å². The third kappa shape index (κ3) is 4.14. The van der Waals surface area contributed by atoms with Crippen LogP contribution in [-0.4, -0.2) is 48.5 Å². The monoisotopic (exact) mass is 486 g/mol. The second kappa shape index (κ2) is 8.45. The number of fused-ring (bicyclic) bond motifs is 1. The standard InChI is InChI=1S/C23H21F3N6O3/c1-13-18-15(20(33)28-9-7-22(34,23(24,25)26)21-29-10-11-35-21)12-16(14-5-6-14)30-19(18)32(31-13)17-4-2-3-8-27-17/h2-4,8,10-12,14,34H,5-7,9H2,1H3,(H,28,33). The van der Waals surface area contributed by atoms with Crippen molar-refractivity contribution in [2.45, 2.75) is 43.9 Å². The SMILES string of the molecule is Cc1nn(-c2ccccn2)c2nc(C3CC3)cc(C(=O)NCCC(O)(c3ncco3)C(F)(F)F)c12. The molecule has 1 atom stereocenters. The Hall–Kier alpha value is -3.80. The molecular weight excluding hydrogens is 465 g/mol. The van der Waals surface area contributed by atoms with Gasteiger partial charge in [0.05, 0.1) is 22.8 Å². The fourth-order valence-electron chi connectivity index (χ4n) is 3.96. The molecule has 0 spiro atoms. The van der Waals surface area contributed by atoms with Crippen LogP contribution < -0.4 is 5.32 Å². The highest BCUT2D eigenvalue weighted by Crippen LogP contribution is 2.42. The molecule has 0 radical (unpaired) electrons. The van der Waals surface area contributed by atoms with Gasteiger partial charge >= 0.3 is 6.18 Å². The molecule has 0 aromatic carbocycles. The van der Waals surface area contributed by atoms with Crippen LogP contribution >= 0.6 is 0 Å². The van der Waals surface area contributed by atoms with Gasteiger partial charge in [-0.2, -0.15) is 23.0 Å². The predicted molar refractivity (Wildman–Crippen MR) is 117 cm³/mol. The van der Waals surface area contributed by atoms with Gasteiger partial charge in [-0.1, -0.05) is 6.07 Å². The van der Waals surface area contributed by atoms with Crippen LogP contribution in [0.1, 0.15) is 52.8 Å². The molecule has 1 amide bonds. The molecule has 2 N–H and O–H groups in total. The fourth-order valence-corrected chi connectivity index (χ4v) is 3.96. The van der Waals surface area contributed by atoms with Crippen molar-refractivity contribution in [3.63, 3.8) is 0 Å². The normalized spacial score (nSPS) is 15.8. The largest absolute Gasteiger partial charge is 0.446 e. The number of nitrogens with one attached hydrogen (secondary N) is 1. The van der Waals surface area contributed by atoms with Crippen LogP contribution in [0, 0.1) is 6.92 Å². The number of aryl methyl sites for hydroxylation is 1. The number of rotatable bonds is 7. The van der Waals surface area contributed by atoms with Crippen LogP contribution in [-0.2, 0) is 5.60 Å². The summed E-state index contributed by atoms with van der Waals surface area (Å²) >= 11 is 0. The van der Waals surface area contributed by atoms with E-state index in [9.17, 15) is 23.1 Å². The number of halogens is 3. The van der Waals surface area contributed by atoms with Crippen molar-refractivity contribution in [2.75, 3.05) is 6.54 Å². The first kappa shape index (κ1) is 23.0. The zero-order valence-corrected chi connectivity index (χ0v) is 18.6. The minimum absolute atomic E-state index is 0.207. The van der Waals surface area contributed by atoms with E-state index in [1.54, 1.807) is 42.1 Å². The van der Waals surface area contributed by atoms with Gasteiger partial charge in [0.25, 0.3) is 5.91 Å². The lowest BCUT2D eigenvalue weighted by Gasteiger charge is -2.27. The van der Waals surface area contributed by atoms with Gasteiger partial charge in [0, 0.05) is 30.8 Å². The number of hydrogen-bond acceptors (Lipinski definition) is 7. The summed E-state index contributed by atoms with van der Waals surface area (Å²) in [5.74, 6) is -0.744. The molecule has 1 aliphatic carbocycles. The Bertz CT molecular complexity index is 1370. The number of aliphatic hydroxyl groups is 1. The molecule has 0 saturated heterocycles. The summed E-state index contributed by atoms with van der Waals surface area (Å²) in [6.07, 6.45) is -0.480. The number of hydrogen-bond donors (Lipinski definition) is 2. The van der Waals surface area contributed by atoms with Crippen LogP contribution in [0.4, 0.5) is 13.2 Å². The average molecular weight is 486 g/mol. The number of carbonyl (C=O) groups excluding carboxylic acids is 1. The minimum Gasteiger partial charge on any atom is -0.446 e. The van der Waals surface area contributed by atoms with Crippen molar-refractivity contribution in [2.24, 2.45) is 0 Å². The molecule has 5 rings (SSSR count). The van der Waals surface area contributed by atoms with Gasteiger partial charge in [-0.25, -0.2) is 15.0 Å². The van der Waals surface area contributed by atoms with Crippen LogP contribution in [0.25, 0.3) is 16.9 Å². The average Bonchev–Trinajstić information content (AvgIpc) is 3.42. The van der Waals surface area contributed by atoms with Crippen molar-refractivity contribution in [1.82, 2.24) is 30.0 Å². The first-order chi connectivity index (χ1) is 16.7. The van der Waals surface area contributed by atoms with Crippen LogP contribution in [0.3, 0.4) is 0 Å². The van der Waals surface area contributed by atoms with E-state index in [1.165, 1.54) is 0 Å². The third-order valence-corrected chi connectivity index (χ3v) is 5.97. The second-order valence-corrected chi connectivity index (χ2v) is 8.45. The molecule has 12 heteroatoms. The van der Waals surface area contributed by atoms with Gasteiger partial charge in [0.1, 0.15) is 6.26 Å². The highest BCUT2D eigenvalue weighted by atomic mass is 19.4. The first-order valence-corrected chi connectivity index (χ1v) is 11.0. The Kier molecular flexibility index (Phi) is 5.55. The summed E-state index contributed by atoms with van der Waals surface area (Å²) in [5.41, 5.74) is -1.40. The van der Waals surface area contributed by atoms with Crippen molar-refractivity contribution in [3.8, 4) is 5.82 Å². The molecule has 1 aliphatic rings. The van der Waals surface area contributed by atoms with Gasteiger partial charge in [-0.3, -0.25) is 4.79 Å². The Morgan fingerprint density at radius 3 is 2.69 bits per heavy atom. The van der Waals surface area contributed by atoms with Crippen molar-refractivity contribution in [3.05, 3.63) is 65.8 Å². The summed E-state index contributed by atoms with van der Waals surface area (Å²) in [7, 11) is 0. The smallest absolute Gasteiger partial charge is 0.426 e. The van der Waals surface area contributed by atoms with E-state index in [0.717, 1.165) is 25.3 Å². The maximum absolute atomic E-state index is 13.6. The van der Waals surface area contributed by atoms with E-state index >= 15 is 0 Å². The molecule has 0 aliphatic heterocycles.